The molecule has 1 N–H and O–H groups in total. The predicted molar refractivity (Wildman–Crippen MR) is 79.7 cm³/mol. The summed E-state index contributed by atoms with van der Waals surface area (Å²) < 4.78 is 5.43. The predicted octanol–water partition coefficient (Wildman–Crippen LogP) is 2.39. The maximum Gasteiger partial charge on any atom is 0.407 e. The lowest BCUT2D eigenvalue weighted by Gasteiger charge is -2.51. The molecular weight excluding hydrogens is 282 g/mol. The van der Waals surface area contributed by atoms with E-state index in [1.54, 1.807) is 17.4 Å². The van der Waals surface area contributed by atoms with Crippen LogP contribution in [0.25, 0.3) is 0 Å². The zero-order chi connectivity index (χ0) is 15.2. The van der Waals surface area contributed by atoms with Crippen molar-refractivity contribution in [2.24, 2.45) is 5.41 Å². The monoisotopic (exact) mass is 305 g/mol. The summed E-state index contributed by atoms with van der Waals surface area (Å²) in [5.74, 6) is 1.35. The zero-order valence-corrected chi connectivity index (χ0v) is 12.8. The summed E-state index contributed by atoms with van der Waals surface area (Å²) in [5.41, 5.74) is 0.280. The Balaban J connectivity index is 1.27. The molecule has 1 aromatic rings. The molecule has 3 fully saturated rings. The van der Waals surface area contributed by atoms with Gasteiger partial charge in [0.25, 0.3) is 0 Å². The van der Waals surface area contributed by atoms with E-state index in [9.17, 15) is 4.79 Å². The molecule has 1 spiro atoms. The number of oxazole rings is 1. The van der Waals surface area contributed by atoms with E-state index in [-0.39, 0.29) is 5.41 Å². The second-order valence-electron chi connectivity index (χ2n) is 7.20. The highest BCUT2D eigenvalue weighted by Gasteiger charge is 2.51. The molecule has 120 valence electrons. The van der Waals surface area contributed by atoms with Crippen LogP contribution in [0.5, 0.6) is 0 Å². The fourth-order valence-corrected chi connectivity index (χ4v) is 4.58. The van der Waals surface area contributed by atoms with E-state index >= 15 is 0 Å². The van der Waals surface area contributed by atoms with Crippen LogP contribution in [0.3, 0.4) is 0 Å². The Morgan fingerprint density at radius 2 is 2.09 bits per heavy atom. The van der Waals surface area contributed by atoms with Gasteiger partial charge in [0.05, 0.1) is 6.20 Å². The Kier molecular flexibility index (Phi) is 3.36. The van der Waals surface area contributed by atoms with Crippen molar-refractivity contribution < 1.29 is 14.3 Å². The summed E-state index contributed by atoms with van der Waals surface area (Å²) in [4.78, 5) is 19.5. The quantitative estimate of drug-likeness (QED) is 0.908. The van der Waals surface area contributed by atoms with Gasteiger partial charge in [-0.2, -0.15) is 0 Å². The van der Waals surface area contributed by atoms with E-state index in [4.69, 9.17) is 9.52 Å². The second kappa shape index (κ2) is 5.26. The van der Waals surface area contributed by atoms with Crippen LogP contribution in [0.2, 0.25) is 0 Å². The normalized spacial score (nSPS) is 33.3. The first kappa shape index (κ1) is 14.1. The van der Waals surface area contributed by atoms with Crippen molar-refractivity contribution in [3.05, 3.63) is 18.4 Å². The molecule has 3 heterocycles. The van der Waals surface area contributed by atoms with Crippen LogP contribution in [0, 0.1) is 5.41 Å². The number of carbonyl (C=O) groups is 1. The number of hydrogen-bond acceptors (Lipinski definition) is 4. The molecule has 0 bridgehead atoms. The lowest BCUT2D eigenvalue weighted by molar-refractivity contribution is -0.00498. The molecule has 1 amide bonds. The minimum atomic E-state index is -0.757. The highest BCUT2D eigenvalue weighted by Crippen LogP contribution is 2.50. The average Bonchev–Trinajstić information content (AvgIpc) is 3.15. The molecule has 0 atom stereocenters. The number of amides is 1. The highest BCUT2D eigenvalue weighted by molar-refractivity contribution is 5.65. The summed E-state index contributed by atoms with van der Waals surface area (Å²) in [6, 6.07) is 0.652. The molecule has 1 aliphatic carbocycles. The number of carboxylic acid groups (broad SMARTS) is 1. The van der Waals surface area contributed by atoms with Gasteiger partial charge in [-0.3, -0.25) is 0 Å². The first-order chi connectivity index (χ1) is 10.7. The molecular formula is C16H23N3O3. The Morgan fingerprint density at radius 1 is 1.32 bits per heavy atom. The van der Waals surface area contributed by atoms with Crippen LogP contribution >= 0.6 is 0 Å². The Bertz CT molecular complexity index is 531. The van der Waals surface area contributed by atoms with Crippen LogP contribution < -0.4 is 0 Å². The van der Waals surface area contributed by atoms with Crippen molar-refractivity contribution >= 4 is 6.09 Å². The maximum absolute atomic E-state index is 11.1. The molecule has 1 aromatic heterocycles. The SMILES string of the molecule is O=C(O)N1CCC2(CC(N3CCC(c4ncco4)CC3)C2)C1. The van der Waals surface area contributed by atoms with Crippen molar-refractivity contribution in [1.29, 1.82) is 0 Å². The van der Waals surface area contributed by atoms with Crippen molar-refractivity contribution in [2.45, 2.75) is 44.1 Å². The van der Waals surface area contributed by atoms with Gasteiger partial charge in [-0.1, -0.05) is 0 Å². The van der Waals surface area contributed by atoms with Gasteiger partial charge in [0.1, 0.15) is 6.26 Å². The largest absolute Gasteiger partial charge is 0.465 e. The van der Waals surface area contributed by atoms with Gasteiger partial charge in [-0.05, 0) is 50.6 Å². The van der Waals surface area contributed by atoms with Gasteiger partial charge in [-0.25, -0.2) is 9.78 Å². The summed E-state index contributed by atoms with van der Waals surface area (Å²) in [7, 11) is 0. The molecule has 0 radical (unpaired) electrons. The number of nitrogens with zero attached hydrogens (tertiary/aromatic N) is 3. The van der Waals surface area contributed by atoms with E-state index in [1.807, 2.05) is 0 Å². The van der Waals surface area contributed by atoms with Gasteiger partial charge >= 0.3 is 6.09 Å². The number of likely N-dealkylation sites (tertiary alicyclic amines) is 2. The lowest BCUT2D eigenvalue weighted by Crippen LogP contribution is -2.54. The van der Waals surface area contributed by atoms with Crippen molar-refractivity contribution in [3.63, 3.8) is 0 Å². The highest BCUT2D eigenvalue weighted by atomic mass is 16.4. The summed E-state index contributed by atoms with van der Waals surface area (Å²) in [6.45, 7) is 3.67. The Morgan fingerprint density at radius 3 is 2.68 bits per heavy atom. The third-order valence-corrected chi connectivity index (χ3v) is 5.89. The summed E-state index contributed by atoms with van der Waals surface area (Å²) in [5, 5.41) is 9.10. The van der Waals surface area contributed by atoms with Gasteiger partial charge < -0.3 is 19.3 Å². The standard InChI is InChI=1S/C16H23N3O3/c20-15(21)19-7-3-16(11-19)9-13(10-16)18-5-1-12(2-6-18)14-17-4-8-22-14/h4,8,12-13H,1-3,5-7,9-11H2,(H,20,21). The molecule has 1 saturated carbocycles. The molecule has 6 heteroatoms. The van der Waals surface area contributed by atoms with E-state index in [0.29, 0.717) is 18.5 Å². The molecule has 2 aliphatic heterocycles. The van der Waals surface area contributed by atoms with Crippen LogP contribution in [0.4, 0.5) is 4.79 Å². The number of rotatable bonds is 2. The fourth-order valence-electron chi connectivity index (χ4n) is 4.58. The van der Waals surface area contributed by atoms with Crippen molar-refractivity contribution in [3.8, 4) is 0 Å². The molecule has 3 aliphatic rings. The van der Waals surface area contributed by atoms with Gasteiger partial charge in [0.2, 0.25) is 0 Å². The van der Waals surface area contributed by atoms with Crippen LogP contribution in [0.1, 0.15) is 43.9 Å². The van der Waals surface area contributed by atoms with E-state index in [1.165, 1.54) is 12.8 Å². The van der Waals surface area contributed by atoms with Crippen LogP contribution in [-0.4, -0.2) is 58.2 Å². The number of aromatic nitrogens is 1. The lowest BCUT2D eigenvalue weighted by atomic mass is 9.64. The first-order valence-corrected chi connectivity index (χ1v) is 8.27. The Labute approximate surface area is 130 Å². The summed E-state index contributed by atoms with van der Waals surface area (Å²) >= 11 is 0. The zero-order valence-electron chi connectivity index (χ0n) is 12.8. The molecule has 22 heavy (non-hydrogen) atoms. The van der Waals surface area contributed by atoms with Gasteiger partial charge in [0, 0.05) is 25.0 Å². The molecule has 0 aromatic carbocycles. The molecule has 4 rings (SSSR count). The van der Waals surface area contributed by atoms with E-state index < -0.39 is 6.09 Å². The average molecular weight is 305 g/mol. The van der Waals surface area contributed by atoms with Gasteiger partial charge in [-0.15, -0.1) is 0 Å². The van der Waals surface area contributed by atoms with Crippen molar-refractivity contribution in [1.82, 2.24) is 14.8 Å². The van der Waals surface area contributed by atoms with Crippen LogP contribution in [-0.2, 0) is 0 Å². The third kappa shape index (κ3) is 2.39. The second-order valence-corrected chi connectivity index (χ2v) is 7.20. The Hall–Kier alpha value is -1.56. The number of piperidine rings is 1. The van der Waals surface area contributed by atoms with Crippen LogP contribution in [0.15, 0.2) is 16.9 Å². The molecule has 6 nitrogen and oxygen atoms in total. The fraction of sp³-hybridized carbons (Fsp3) is 0.750. The minimum absolute atomic E-state index is 0.280. The number of hydrogen-bond donors (Lipinski definition) is 1. The molecule has 0 unspecified atom stereocenters. The maximum atomic E-state index is 11.1. The van der Waals surface area contributed by atoms with Crippen molar-refractivity contribution in [2.75, 3.05) is 26.2 Å². The first-order valence-electron chi connectivity index (χ1n) is 8.27. The smallest absolute Gasteiger partial charge is 0.407 e. The van der Waals surface area contributed by atoms with E-state index in [2.05, 4.69) is 9.88 Å². The third-order valence-electron chi connectivity index (χ3n) is 5.89. The van der Waals surface area contributed by atoms with E-state index in [0.717, 1.165) is 44.8 Å². The minimum Gasteiger partial charge on any atom is -0.465 e. The summed E-state index contributed by atoms with van der Waals surface area (Å²) in [6.07, 6.45) is 8.24. The van der Waals surface area contributed by atoms with Gasteiger partial charge in [0.15, 0.2) is 5.89 Å². The molecule has 2 saturated heterocycles. The topological polar surface area (TPSA) is 69.8 Å².